The molecule has 0 aromatic heterocycles. The number of amides is 3. The van der Waals surface area contributed by atoms with E-state index in [1.165, 1.54) is 33.0 Å². The summed E-state index contributed by atoms with van der Waals surface area (Å²) in [5, 5.41) is 39.5. The number of carbonyl (C=O) groups excluding carboxylic acids is 3. The molecular weight excluding hydrogens is 662 g/mol. The Bertz CT molecular complexity index is 2030. The Hall–Kier alpha value is -5.98. The van der Waals surface area contributed by atoms with Gasteiger partial charge in [0.25, 0.3) is 11.6 Å². The van der Waals surface area contributed by atoms with Gasteiger partial charge < -0.3 is 20.0 Å². The summed E-state index contributed by atoms with van der Waals surface area (Å²) in [4.78, 5) is 54.4. The van der Waals surface area contributed by atoms with Gasteiger partial charge in [-0.2, -0.15) is 5.10 Å². The van der Waals surface area contributed by atoms with E-state index in [0.29, 0.717) is 29.9 Å². The van der Waals surface area contributed by atoms with E-state index in [1.807, 2.05) is 60.7 Å². The van der Waals surface area contributed by atoms with Crippen molar-refractivity contribution in [1.82, 2.24) is 4.90 Å². The second-order valence-electron chi connectivity index (χ2n) is 12.8. The van der Waals surface area contributed by atoms with Gasteiger partial charge in [-0.15, -0.1) is 0 Å². The first-order valence-electron chi connectivity index (χ1n) is 17.1. The van der Waals surface area contributed by atoms with Gasteiger partial charge in [-0.25, -0.2) is 5.01 Å². The summed E-state index contributed by atoms with van der Waals surface area (Å²) in [6.45, 7) is 1.86. The monoisotopic (exact) mass is 701 g/mol. The molecule has 12 heteroatoms. The number of nitrogens with zero attached hydrogens (tertiary/aromatic N) is 5. The van der Waals surface area contributed by atoms with Crippen LogP contribution in [0.4, 0.5) is 17.1 Å². The van der Waals surface area contributed by atoms with Crippen molar-refractivity contribution >= 4 is 40.5 Å². The molecule has 4 aromatic carbocycles. The van der Waals surface area contributed by atoms with Crippen molar-refractivity contribution in [3.05, 3.63) is 148 Å². The Morgan fingerprint density at radius 3 is 2.40 bits per heavy atom. The van der Waals surface area contributed by atoms with Gasteiger partial charge in [0.2, 0.25) is 11.8 Å². The summed E-state index contributed by atoms with van der Waals surface area (Å²) < 4.78 is 0. The molecule has 2 aliphatic rings. The lowest BCUT2D eigenvalue weighted by Gasteiger charge is -2.28. The number of hydrogen-bond donors (Lipinski definition) is 2. The molecule has 4 aromatic rings. The lowest BCUT2D eigenvalue weighted by atomic mass is 9.82. The maximum absolute atomic E-state index is 14.2. The second-order valence-corrected chi connectivity index (χ2v) is 12.8. The maximum Gasteiger partial charge on any atom is 0.269 e. The SMILES string of the molecule is C[C@@H](/C=C/CC(=O)N(CCO)Cc1ccccc1)[C@]1(O)C(=O)N(Cc2cccc(N3N=C(c4ccccc4)CCC3=O)c2)c2ccc([N+](=O)[O-])cc21. The fraction of sp³-hybridized carbons (Fsp3) is 0.250. The number of benzene rings is 4. The van der Waals surface area contributed by atoms with Crippen molar-refractivity contribution in [3.8, 4) is 0 Å². The third-order valence-electron chi connectivity index (χ3n) is 9.41. The first-order valence-corrected chi connectivity index (χ1v) is 17.1. The highest BCUT2D eigenvalue weighted by atomic mass is 16.6. The van der Waals surface area contributed by atoms with Crippen LogP contribution in [0.2, 0.25) is 0 Å². The molecule has 2 heterocycles. The van der Waals surface area contributed by atoms with Gasteiger partial charge in [-0.05, 0) is 34.9 Å². The van der Waals surface area contributed by atoms with Crippen LogP contribution in [0.5, 0.6) is 0 Å². The number of aliphatic hydroxyl groups excluding tert-OH is 1. The lowest BCUT2D eigenvalue weighted by molar-refractivity contribution is -0.385. The van der Waals surface area contributed by atoms with Crippen LogP contribution in [-0.4, -0.2) is 56.6 Å². The maximum atomic E-state index is 14.2. The Morgan fingerprint density at radius 2 is 1.69 bits per heavy atom. The van der Waals surface area contributed by atoms with Crippen LogP contribution in [-0.2, 0) is 33.1 Å². The normalized spacial score (nSPS) is 17.6. The summed E-state index contributed by atoms with van der Waals surface area (Å²) in [5.74, 6) is -1.99. The largest absolute Gasteiger partial charge is 0.395 e. The molecule has 2 N–H and O–H groups in total. The lowest BCUT2D eigenvalue weighted by Crippen LogP contribution is -2.44. The van der Waals surface area contributed by atoms with Crippen molar-refractivity contribution in [1.29, 1.82) is 0 Å². The molecule has 0 saturated heterocycles. The highest BCUT2D eigenvalue weighted by Gasteiger charge is 2.53. The molecule has 52 heavy (non-hydrogen) atoms. The predicted molar refractivity (Wildman–Crippen MR) is 196 cm³/mol. The molecule has 0 spiro atoms. The number of nitro groups is 1. The van der Waals surface area contributed by atoms with Crippen LogP contribution in [0.1, 0.15) is 48.4 Å². The summed E-state index contributed by atoms with van der Waals surface area (Å²) in [5.41, 5.74) is 1.71. The average molecular weight is 702 g/mol. The molecule has 0 radical (unpaired) electrons. The van der Waals surface area contributed by atoms with E-state index in [2.05, 4.69) is 5.10 Å². The number of carbonyl (C=O) groups is 3. The number of nitro benzene ring substituents is 1. The zero-order valence-corrected chi connectivity index (χ0v) is 28.7. The summed E-state index contributed by atoms with van der Waals surface area (Å²) in [6, 6.07) is 30.0. The molecule has 0 unspecified atom stereocenters. The zero-order valence-electron chi connectivity index (χ0n) is 28.7. The van der Waals surface area contributed by atoms with Gasteiger partial charge in [0.05, 0.1) is 35.2 Å². The third-order valence-corrected chi connectivity index (χ3v) is 9.41. The molecule has 0 saturated carbocycles. The molecular formula is C40H39N5O7. The number of rotatable bonds is 13. The minimum Gasteiger partial charge on any atom is -0.395 e. The van der Waals surface area contributed by atoms with E-state index in [0.717, 1.165) is 16.8 Å². The third kappa shape index (κ3) is 7.39. The second kappa shape index (κ2) is 15.5. The van der Waals surface area contributed by atoms with Crippen LogP contribution in [0.15, 0.2) is 120 Å². The van der Waals surface area contributed by atoms with Crippen molar-refractivity contribution in [2.24, 2.45) is 11.0 Å². The quantitative estimate of drug-likeness (QED) is 0.106. The van der Waals surface area contributed by atoms with Crippen LogP contribution < -0.4 is 9.91 Å². The van der Waals surface area contributed by atoms with Crippen molar-refractivity contribution < 1.29 is 29.5 Å². The molecule has 0 fully saturated rings. The van der Waals surface area contributed by atoms with Crippen LogP contribution in [0, 0.1) is 16.0 Å². The average Bonchev–Trinajstić information content (AvgIpc) is 3.37. The Morgan fingerprint density at radius 1 is 0.981 bits per heavy atom. The van der Waals surface area contributed by atoms with Gasteiger partial charge in [-0.3, -0.25) is 24.5 Å². The van der Waals surface area contributed by atoms with E-state index in [4.69, 9.17) is 0 Å². The summed E-state index contributed by atoms with van der Waals surface area (Å²) in [7, 11) is 0. The van der Waals surface area contributed by atoms with Crippen LogP contribution in [0.3, 0.4) is 0 Å². The highest BCUT2D eigenvalue weighted by Crippen LogP contribution is 2.47. The van der Waals surface area contributed by atoms with Crippen molar-refractivity contribution in [3.63, 3.8) is 0 Å². The zero-order chi connectivity index (χ0) is 36.8. The van der Waals surface area contributed by atoms with E-state index in [9.17, 15) is 34.7 Å². The van der Waals surface area contributed by atoms with Crippen LogP contribution in [0.25, 0.3) is 0 Å². The Kier molecular flexibility index (Phi) is 10.7. The molecule has 0 aliphatic carbocycles. The number of fused-ring (bicyclic) bond motifs is 1. The number of anilines is 2. The Balaban J connectivity index is 1.24. The van der Waals surface area contributed by atoms with E-state index >= 15 is 0 Å². The standard InChI is InChI=1S/C40H39N5O7/c1-28(10-8-17-37(47)42(22-23-46)26-29-11-4-2-5-12-29)40(50)34-25-33(45(51)52)18-20-36(34)43(39(40)49)27-30-13-9-16-32(24-30)44-38(48)21-19-35(41-44)31-14-6-3-7-15-31/h2-16,18,20,24-25,28,46,50H,17,19,21-23,26-27H2,1H3/b10-8+/t28-,40+/m0/s1. The number of hydrogen-bond acceptors (Lipinski definition) is 8. The first-order chi connectivity index (χ1) is 25.1. The Labute approximate surface area is 301 Å². The molecule has 2 aliphatic heterocycles. The predicted octanol–water partition coefficient (Wildman–Crippen LogP) is 5.46. The van der Waals surface area contributed by atoms with Gasteiger partial charge >= 0.3 is 0 Å². The topological polar surface area (TPSA) is 157 Å². The van der Waals surface area contributed by atoms with Gasteiger partial charge in [0.15, 0.2) is 5.60 Å². The highest BCUT2D eigenvalue weighted by molar-refractivity contribution is 6.09. The first kappa shape index (κ1) is 35.8. The number of hydrazone groups is 1. The summed E-state index contributed by atoms with van der Waals surface area (Å²) in [6.07, 6.45) is 3.87. The van der Waals surface area contributed by atoms with Crippen molar-refractivity contribution in [2.45, 2.75) is 44.9 Å². The van der Waals surface area contributed by atoms with Gasteiger partial charge in [-0.1, -0.05) is 91.9 Å². The fourth-order valence-corrected chi connectivity index (χ4v) is 6.62. The molecule has 2 atom stereocenters. The summed E-state index contributed by atoms with van der Waals surface area (Å²) >= 11 is 0. The van der Waals surface area contributed by atoms with E-state index in [1.54, 1.807) is 43.3 Å². The van der Waals surface area contributed by atoms with Crippen molar-refractivity contribution in [2.75, 3.05) is 23.1 Å². The molecule has 266 valence electrons. The molecule has 0 bridgehead atoms. The van der Waals surface area contributed by atoms with Gasteiger partial charge in [0, 0.05) is 56.0 Å². The smallest absolute Gasteiger partial charge is 0.269 e. The number of aliphatic hydroxyl groups is 2. The molecule has 12 nitrogen and oxygen atoms in total. The van der Waals surface area contributed by atoms with E-state index in [-0.39, 0.29) is 55.6 Å². The number of non-ortho nitro benzene ring substituents is 1. The molecule has 3 amide bonds. The molecule has 6 rings (SSSR count). The minimum absolute atomic E-state index is 0.00159. The minimum atomic E-state index is -2.18. The van der Waals surface area contributed by atoms with Crippen LogP contribution >= 0.6 is 0 Å². The van der Waals surface area contributed by atoms with E-state index < -0.39 is 22.3 Å². The van der Waals surface area contributed by atoms with Gasteiger partial charge in [0.1, 0.15) is 0 Å². The fourth-order valence-electron chi connectivity index (χ4n) is 6.62.